The Morgan fingerprint density at radius 2 is 1.88 bits per heavy atom. The van der Waals surface area contributed by atoms with Crippen LogP contribution in [0.4, 0.5) is 0 Å². The van der Waals surface area contributed by atoms with Crippen LogP contribution in [0.25, 0.3) is 21.8 Å². The molecule has 0 atom stereocenters. The highest BCUT2D eigenvalue weighted by molar-refractivity contribution is 7.99. The highest BCUT2D eigenvalue weighted by Crippen LogP contribution is 2.39. The number of fused-ring (bicyclic) bond motifs is 2. The van der Waals surface area contributed by atoms with Crippen LogP contribution in [0.5, 0.6) is 11.5 Å². The normalized spacial score (nSPS) is 14.6. The number of nitrogens with zero attached hydrogens (tertiary/aromatic N) is 1. The van der Waals surface area contributed by atoms with E-state index in [1.165, 1.54) is 4.90 Å². The predicted molar refractivity (Wildman–Crippen MR) is 105 cm³/mol. The molecule has 0 saturated carbocycles. The minimum Gasteiger partial charge on any atom is -0.497 e. The van der Waals surface area contributed by atoms with Gasteiger partial charge in [0, 0.05) is 27.0 Å². The van der Waals surface area contributed by atoms with Crippen LogP contribution in [0, 0.1) is 5.92 Å². The zero-order valence-electron chi connectivity index (χ0n) is 14.9. The molecule has 5 nitrogen and oxygen atoms in total. The molecule has 2 heterocycles. The second kappa shape index (κ2) is 7.31. The van der Waals surface area contributed by atoms with Crippen LogP contribution in [-0.4, -0.2) is 43.2 Å². The lowest BCUT2D eigenvalue weighted by atomic mass is 10.1. The summed E-state index contributed by atoms with van der Waals surface area (Å²) in [5.74, 6) is 3.28. The van der Waals surface area contributed by atoms with Gasteiger partial charge in [0.15, 0.2) is 0 Å². The fourth-order valence-corrected chi connectivity index (χ4v) is 4.49. The fourth-order valence-electron chi connectivity index (χ4n) is 3.22. The molecule has 6 heteroatoms. The number of ether oxygens (including phenoxy) is 2. The molecule has 0 bridgehead atoms. The van der Waals surface area contributed by atoms with E-state index in [9.17, 15) is 5.11 Å². The van der Waals surface area contributed by atoms with E-state index in [4.69, 9.17) is 14.5 Å². The van der Waals surface area contributed by atoms with Gasteiger partial charge in [0.2, 0.25) is 0 Å². The van der Waals surface area contributed by atoms with Crippen molar-refractivity contribution in [1.29, 1.82) is 0 Å². The van der Waals surface area contributed by atoms with E-state index in [2.05, 4.69) is 5.32 Å². The first-order valence-electron chi connectivity index (χ1n) is 8.66. The molecule has 0 spiro atoms. The van der Waals surface area contributed by atoms with Crippen molar-refractivity contribution >= 4 is 33.6 Å². The summed E-state index contributed by atoms with van der Waals surface area (Å²) in [6.45, 7) is 2.07. The van der Waals surface area contributed by atoms with Crippen molar-refractivity contribution in [2.24, 2.45) is 5.92 Å². The summed E-state index contributed by atoms with van der Waals surface area (Å²) < 4.78 is 10.9. The van der Waals surface area contributed by atoms with E-state index in [0.29, 0.717) is 5.92 Å². The summed E-state index contributed by atoms with van der Waals surface area (Å²) in [5, 5.41) is 15.3. The summed E-state index contributed by atoms with van der Waals surface area (Å²) in [4.78, 5) is 6.00. The summed E-state index contributed by atoms with van der Waals surface area (Å²) >= 11 is 1.85. The zero-order chi connectivity index (χ0) is 18.1. The molecule has 0 aliphatic carbocycles. The number of methoxy groups -OCH3 is 2. The number of hydrogen-bond donors (Lipinski definition) is 2. The molecule has 136 valence electrons. The summed E-state index contributed by atoms with van der Waals surface area (Å²) in [6.07, 6.45) is 0. The van der Waals surface area contributed by atoms with Gasteiger partial charge in [-0.15, -0.1) is 11.8 Å². The summed E-state index contributed by atoms with van der Waals surface area (Å²) in [5.41, 5.74) is 2.52. The lowest BCUT2D eigenvalue weighted by Gasteiger charge is -2.27. The van der Waals surface area contributed by atoms with Crippen molar-refractivity contribution in [3.63, 3.8) is 0 Å². The average molecular weight is 370 g/mol. The maximum atomic E-state index is 9.84. The van der Waals surface area contributed by atoms with E-state index in [1.807, 2.05) is 42.1 Å². The van der Waals surface area contributed by atoms with Crippen molar-refractivity contribution in [1.82, 2.24) is 10.3 Å². The van der Waals surface area contributed by atoms with Gasteiger partial charge in [0.05, 0.1) is 31.9 Å². The van der Waals surface area contributed by atoms with Gasteiger partial charge in [0.1, 0.15) is 11.5 Å². The second-order valence-corrected chi connectivity index (χ2v) is 7.53. The number of aliphatic hydroxyl groups is 1. The Labute approximate surface area is 156 Å². The number of rotatable bonds is 6. The molecular formula is C20H22N2O3S. The molecule has 1 saturated heterocycles. The zero-order valence-corrected chi connectivity index (χ0v) is 15.7. The number of pyridine rings is 1. The Kier molecular flexibility index (Phi) is 4.89. The molecule has 0 amide bonds. The van der Waals surface area contributed by atoms with Gasteiger partial charge < -0.3 is 19.9 Å². The van der Waals surface area contributed by atoms with Gasteiger partial charge in [0.25, 0.3) is 0 Å². The van der Waals surface area contributed by atoms with E-state index >= 15 is 0 Å². The van der Waals surface area contributed by atoms with Crippen molar-refractivity contribution in [2.45, 2.75) is 11.5 Å². The largest absolute Gasteiger partial charge is 0.497 e. The van der Waals surface area contributed by atoms with Crippen LogP contribution in [-0.2, 0) is 6.61 Å². The number of thioether (sulfide) groups is 1. The smallest absolute Gasteiger partial charge is 0.120 e. The Hall–Kier alpha value is -2.02. The maximum Gasteiger partial charge on any atom is 0.120 e. The lowest BCUT2D eigenvalue weighted by molar-refractivity contribution is 0.282. The van der Waals surface area contributed by atoms with Gasteiger partial charge >= 0.3 is 0 Å². The van der Waals surface area contributed by atoms with Crippen molar-refractivity contribution < 1.29 is 14.6 Å². The Balaban J connectivity index is 1.96. The summed E-state index contributed by atoms with van der Waals surface area (Å²) in [7, 11) is 3.32. The molecule has 0 radical (unpaired) electrons. The first-order valence-corrected chi connectivity index (χ1v) is 9.64. The minimum absolute atomic E-state index is 0.0704. The van der Waals surface area contributed by atoms with Crippen molar-refractivity contribution in [2.75, 3.05) is 33.1 Å². The van der Waals surface area contributed by atoms with Gasteiger partial charge in [-0.25, -0.2) is 4.98 Å². The summed E-state index contributed by atoms with van der Waals surface area (Å²) in [6, 6.07) is 9.82. The molecule has 0 unspecified atom stereocenters. The SMILES string of the molecule is COc1ccc2nc3c(CO)cc(OC)cc3c(SCC3CNC3)c2c1. The fraction of sp³-hybridized carbons (Fsp3) is 0.350. The van der Waals surface area contributed by atoms with E-state index in [0.717, 1.165) is 57.7 Å². The number of aliphatic hydroxyl groups excluding tert-OH is 1. The Morgan fingerprint density at radius 1 is 1.12 bits per heavy atom. The topological polar surface area (TPSA) is 63.6 Å². The van der Waals surface area contributed by atoms with Gasteiger partial charge in [-0.1, -0.05) is 0 Å². The molecule has 1 aromatic heterocycles. The quantitative estimate of drug-likeness (QED) is 0.513. The first-order chi connectivity index (χ1) is 12.7. The average Bonchev–Trinajstić information content (AvgIpc) is 2.64. The number of aromatic nitrogens is 1. The first kappa shape index (κ1) is 17.4. The third-order valence-electron chi connectivity index (χ3n) is 4.82. The maximum absolute atomic E-state index is 9.84. The van der Waals surface area contributed by atoms with Crippen LogP contribution >= 0.6 is 11.8 Å². The number of benzene rings is 2. The monoisotopic (exact) mass is 370 g/mol. The third kappa shape index (κ3) is 3.09. The van der Waals surface area contributed by atoms with Crippen LogP contribution in [0.2, 0.25) is 0 Å². The van der Waals surface area contributed by atoms with Crippen LogP contribution in [0.15, 0.2) is 35.2 Å². The number of nitrogens with one attached hydrogen (secondary N) is 1. The van der Waals surface area contributed by atoms with E-state index in [-0.39, 0.29) is 6.61 Å². The molecule has 1 aliphatic rings. The Bertz CT molecular complexity index is 957. The lowest BCUT2D eigenvalue weighted by Crippen LogP contribution is -2.43. The highest BCUT2D eigenvalue weighted by Gasteiger charge is 2.20. The Morgan fingerprint density at radius 3 is 2.54 bits per heavy atom. The van der Waals surface area contributed by atoms with Crippen LogP contribution in [0.3, 0.4) is 0 Å². The molecule has 1 fully saturated rings. The standard InChI is InChI=1S/C20H22N2O3S/c1-24-14-3-4-18-16(6-14)20(26-11-12-8-21-9-12)17-7-15(25-2)5-13(10-23)19(17)22-18/h3-7,12,21,23H,8-11H2,1-2H3. The van der Waals surface area contributed by atoms with Gasteiger partial charge in [-0.2, -0.15) is 0 Å². The van der Waals surface area contributed by atoms with Crippen molar-refractivity contribution in [3.8, 4) is 11.5 Å². The van der Waals surface area contributed by atoms with Crippen LogP contribution < -0.4 is 14.8 Å². The van der Waals surface area contributed by atoms with E-state index < -0.39 is 0 Å². The highest BCUT2D eigenvalue weighted by atomic mass is 32.2. The predicted octanol–water partition coefficient (Wildman–Crippen LogP) is 3.21. The van der Waals surface area contributed by atoms with Gasteiger partial charge in [-0.05, 0) is 49.3 Å². The number of hydrogen-bond acceptors (Lipinski definition) is 6. The third-order valence-corrected chi connectivity index (χ3v) is 6.19. The molecular weight excluding hydrogens is 348 g/mol. The molecule has 3 aromatic rings. The molecule has 4 rings (SSSR count). The van der Waals surface area contributed by atoms with Gasteiger partial charge in [-0.3, -0.25) is 0 Å². The minimum atomic E-state index is -0.0704. The molecule has 26 heavy (non-hydrogen) atoms. The van der Waals surface area contributed by atoms with E-state index in [1.54, 1.807) is 14.2 Å². The second-order valence-electron chi connectivity index (χ2n) is 6.50. The molecule has 2 N–H and O–H groups in total. The van der Waals surface area contributed by atoms with Crippen LogP contribution in [0.1, 0.15) is 5.56 Å². The molecule has 1 aliphatic heterocycles. The molecule has 2 aromatic carbocycles. The van der Waals surface area contributed by atoms with Crippen molar-refractivity contribution in [3.05, 3.63) is 35.9 Å².